The first-order chi connectivity index (χ1) is 4.41. The van der Waals surface area contributed by atoms with Crippen molar-refractivity contribution in [1.29, 1.82) is 0 Å². The Balaban J connectivity index is 0.000000187. The van der Waals surface area contributed by atoms with E-state index in [0.29, 0.717) is 45.9 Å². The SMILES string of the molecule is C1CCOCC1.[SnH3][O][SnH3]. The molecule has 4 heteroatoms. The van der Waals surface area contributed by atoms with Crippen LogP contribution in [0.15, 0.2) is 0 Å². The van der Waals surface area contributed by atoms with Gasteiger partial charge in [0.05, 0.1) is 0 Å². The molecule has 0 saturated carbocycles. The van der Waals surface area contributed by atoms with Gasteiger partial charge < -0.3 is 4.74 Å². The zero-order chi connectivity index (χ0) is 6.95. The maximum atomic E-state index is 5.07. The van der Waals surface area contributed by atoms with E-state index in [4.69, 9.17) is 4.74 Å². The predicted molar refractivity (Wildman–Crippen MR) is 45.6 cm³/mol. The van der Waals surface area contributed by atoms with Gasteiger partial charge in [-0.15, -0.1) is 0 Å². The molecule has 1 rings (SSSR count). The fraction of sp³-hybridized carbons (Fsp3) is 1.00. The fourth-order valence-electron chi connectivity index (χ4n) is 0.687. The minimum absolute atomic E-state index is 0.575. The van der Waals surface area contributed by atoms with Crippen LogP contribution in [-0.4, -0.2) is 59.1 Å². The van der Waals surface area contributed by atoms with Crippen LogP contribution in [-0.2, 0) is 6.15 Å². The average molecular weight is 346 g/mol. The molecule has 0 amide bonds. The molecule has 1 aliphatic heterocycles. The second kappa shape index (κ2) is 9.52. The van der Waals surface area contributed by atoms with Gasteiger partial charge in [0.25, 0.3) is 0 Å². The second-order valence-electron chi connectivity index (χ2n) is 2.08. The van der Waals surface area contributed by atoms with Gasteiger partial charge in [0.1, 0.15) is 0 Å². The molecule has 0 aliphatic carbocycles. The zero-order valence-electron chi connectivity index (χ0n) is 6.35. The van der Waals surface area contributed by atoms with Crippen molar-refractivity contribution in [2.45, 2.75) is 19.3 Å². The van der Waals surface area contributed by atoms with Gasteiger partial charge in [-0.3, -0.25) is 0 Å². The quantitative estimate of drug-likeness (QED) is 0.511. The summed E-state index contributed by atoms with van der Waals surface area (Å²) in [5, 5.41) is 0. The standard InChI is InChI=1S/C5H10O.O.2Sn.6H/c1-2-4-6-5-3-1;;;;;;;;;/h1-5H2;;;;;;;;;. The first-order valence-corrected chi connectivity index (χ1v) is 8.05. The first kappa shape index (κ1) is 10.5. The summed E-state index contributed by atoms with van der Waals surface area (Å²) < 4.78 is 9.74. The van der Waals surface area contributed by atoms with E-state index >= 15 is 0 Å². The molecule has 0 radical (unpaired) electrons. The van der Waals surface area contributed by atoms with Crippen LogP contribution in [0.2, 0.25) is 0 Å². The van der Waals surface area contributed by atoms with Crippen molar-refractivity contribution in [2.75, 3.05) is 13.2 Å². The van der Waals surface area contributed by atoms with Crippen LogP contribution in [0.5, 0.6) is 0 Å². The van der Waals surface area contributed by atoms with Crippen molar-refractivity contribution >= 4 is 45.9 Å². The van der Waals surface area contributed by atoms with Gasteiger partial charge >= 0.3 is 47.3 Å². The zero-order valence-corrected chi connectivity index (χ0v) is 17.8. The van der Waals surface area contributed by atoms with Gasteiger partial charge in [0.15, 0.2) is 0 Å². The Labute approximate surface area is 83.9 Å². The average Bonchev–Trinajstić information content (AvgIpc) is 1.93. The van der Waals surface area contributed by atoms with Gasteiger partial charge in [0.2, 0.25) is 0 Å². The predicted octanol–water partition coefficient (Wildman–Crippen LogP) is -1.25. The van der Waals surface area contributed by atoms with Crippen molar-refractivity contribution in [3.63, 3.8) is 0 Å². The molecular weight excluding hydrogens is 329 g/mol. The van der Waals surface area contributed by atoms with Gasteiger partial charge in [-0.1, -0.05) is 0 Å². The van der Waals surface area contributed by atoms with Crippen LogP contribution < -0.4 is 0 Å². The van der Waals surface area contributed by atoms with Crippen molar-refractivity contribution in [1.82, 2.24) is 0 Å². The van der Waals surface area contributed by atoms with E-state index in [9.17, 15) is 0 Å². The molecule has 1 saturated heterocycles. The van der Waals surface area contributed by atoms with Gasteiger partial charge in [0, 0.05) is 13.2 Å². The maximum absolute atomic E-state index is 5.07. The number of ether oxygens (including phenoxy) is 1. The third-order valence-electron chi connectivity index (χ3n) is 1.08. The summed E-state index contributed by atoms with van der Waals surface area (Å²) in [4.78, 5) is 0. The van der Waals surface area contributed by atoms with E-state index in [1.54, 1.807) is 0 Å². The van der Waals surface area contributed by atoms with Crippen LogP contribution in [0, 0.1) is 0 Å². The van der Waals surface area contributed by atoms with E-state index in [-0.39, 0.29) is 0 Å². The number of hydrogen-bond donors (Lipinski definition) is 0. The van der Waals surface area contributed by atoms with Crippen LogP contribution in [0.1, 0.15) is 19.3 Å². The summed E-state index contributed by atoms with van der Waals surface area (Å²) in [7, 11) is 0. The molecule has 1 heterocycles. The van der Waals surface area contributed by atoms with Crippen molar-refractivity contribution in [3.05, 3.63) is 0 Å². The Morgan fingerprint density at radius 3 is 1.56 bits per heavy atom. The van der Waals surface area contributed by atoms with Crippen molar-refractivity contribution in [2.24, 2.45) is 0 Å². The Morgan fingerprint density at radius 1 is 1.00 bits per heavy atom. The van der Waals surface area contributed by atoms with Gasteiger partial charge in [-0.2, -0.15) is 0 Å². The Kier molecular flexibility index (Phi) is 11.1. The molecule has 0 N–H and O–H groups in total. The monoisotopic (exact) mass is 348 g/mol. The summed E-state index contributed by atoms with van der Waals surface area (Å²) in [6.07, 6.45) is 3.93. The molecule has 56 valence electrons. The normalized spacial score (nSPS) is 18.7. The van der Waals surface area contributed by atoms with Crippen LogP contribution >= 0.6 is 0 Å². The number of hydrogen-bond acceptors (Lipinski definition) is 2. The molecule has 1 aliphatic rings. The van der Waals surface area contributed by atoms with Crippen molar-refractivity contribution < 1.29 is 6.15 Å². The Hall–Kier alpha value is 1.52. The molecular formula is C5H16O2Sn2. The second-order valence-corrected chi connectivity index (χ2v) is 20.0. The molecule has 0 bridgehead atoms. The molecule has 0 aromatic carbocycles. The van der Waals surface area contributed by atoms with Crippen LogP contribution in [0.4, 0.5) is 0 Å². The Morgan fingerprint density at radius 2 is 1.44 bits per heavy atom. The molecule has 9 heavy (non-hydrogen) atoms. The molecule has 0 unspecified atom stereocenters. The molecule has 0 aromatic rings. The molecule has 0 spiro atoms. The first-order valence-electron chi connectivity index (χ1n) is 3.39. The van der Waals surface area contributed by atoms with Crippen LogP contribution in [0.3, 0.4) is 0 Å². The third kappa shape index (κ3) is 9.52. The molecule has 2 nitrogen and oxygen atoms in total. The van der Waals surface area contributed by atoms with E-state index in [1.165, 1.54) is 19.3 Å². The van der Waals surface area contributed by atoms with E-state index in [0.717, 1.165) is 13.2 Å². The summed E-state index contributed by atoms with van der Waals surface area (Å²) in [5.74, 6) is 0. The van der Waals surface area contributed by atoms with E-state index in [1.807, 2.05) is 0 Å². The molecule has 1 fully saturated rings. The summed E-state index contributed by atoms with van der Waals surface area (Å²) >= 11 is 1.15. The molecule has 0 aromatic heterocycles. The minimum atomic E-state index is 0.575. The van der Waals surface area contributed by atoms with E-state index < -0.39 is 0 Å². The summed E-state index contributed by atoms with van der Waals surface area (Å²) in [5.41, 5.74) is 0. The van der Waals surface area contributed by atoms with Crippen molar-refractivity contribution in [3.8, 4) is 0 Å². The topological polar surface area (TPSA) is 18.5 Å². The summed E-state index contributed by atoms with van der Waals surface area (Å²) in [6.45, 7) is 2.00. The Bertz CT molecular complexity index is 36.7. The number of rotatable bonds is 0. The summed E-state index contributed by atoms with van der Waals surface area (Å²) in [6, 6.07) is 0. The van der Waals surface area contributed by atoms with Crippen LogP contribution in [0.25, 0.3) is 0 Å². The molecule has 0 atom stereocenters. The third-order valence-corrected chi connectivity index (χ3v) is 1.08. The van der Waals surface area contributed by atoms with E-state index in [2.05, 4.69) is 1.41 Å². The van der Waals surface area contributed by atoms with Gasteiger partial charge in [-0.25, -0.2) is 0 Å². The van der Waals surface area contributed by atoms with Gasteiger partial charge in [-0.05, 0) is 19.3 Å². The fourth-order valence-corrected chi connectivity index (χ4v) is 0.687.